The molecule has 3 aromatic heterocycles. The highest BCUT2D eigenvalue weighted by Crippen LogP contribution is 2.29. The molecule has 0 N–H and O–H groups in total. The van der Waals surface area contributed by atoms with Crippen LogP contribution in [0.3, 0.4) is 0 Å². The first-order valence-electron chi connectivity index (χ1n) is 4.04. The second-order valence-corrected chi connectivity index (χ2v) is 5.07. The summed E-state index contributed by atoms with van der Waals surface area (Å²) in [5, 5.41) is 13.8. The van der Waals surface area contributed by atoms with E-state index < -0.39 is 0 Å². The summed E-state index contributed by atoms with van der Waals surface area (Å²) in [6.07, 6.45) is 0. The fourth-order valence-corrected chi connectivity index (χ4v) is 3.07. The summed E-state index contributed by atoms with van der Waals surface area (Å²) >= 11 is 4.63. The quantitative estimate of drug-likeness (QED) is 0.703. The molecule has 0 unspecified atom stereocenters. The van der Waals surface area contributed by atoms with Gasteiger partial charge in [-0.25, -0.2) is 9.97 Å². The van der Waals surface area contributed by atoms with Crippen LogP contribution >= 0.6 is 34.0 Å². The van der Waals surface area contributed by atoms with Crippen LogP contribution in [0.1, 0.15) is 0 Å². The maximum Gasteiger partial charge on any atom is 0.167 e. The Morgan fingerprint density at radius 3 is 1.73 bits per heavy atom. The Morgan fingerprint density at radius 1 is 0.800 bits per heavy atom. The molecule has 0 spiro atoms. The molecule has 0 atom stereocenters. The molecule has 0 radical (unpaired) electrons. The second kappa shape index (κ2) is 3.76. The van der Waals surface area contributed by atoms with Crippen molar-refractivity contribution in [3.05, 3.63) is 21.8 Å². The van der Waals surface area contributed by atoms with E-state index in [1.54, 1.807) is 33.7 Å². The zero-order chi connectivity index (χ0) is 10.1. The number of nitrogens with zero attached hydrogens (tertiary/aromatic N) is 4. The first kappa shape index (κ1) is 9.08. The zero-order valence-corrected chi connectivity index (χ0v) is 9.77. The Balaban J connectivity index is 2.02. The predicted octanol–water partition coefficient (Wildman–Crippen LogP) is 2.79. The van der Waals surface area contributed by atoms with Gasteiger partial charge in [-0.1, -0.05) is 11.3 Å². The van der Waals surface area contributed by atoms with Crippen molar-refractivity contribution < 1.29 is 0 Å². The highest BCUT2D eigenvalue weighted by Gasteiger charge is 2.10. The van der Waals surface area contributed by atoms with Crippen LogP contribution in [0.4, 0.5) is 0 Å². The molecule has 0 bridgehead atoms. The third kappa shape index (κ3) is 1.69. The third-order valence-electron chi connectivity index (χ3n) is 1.73. The third-order valence-corrected chi connectivity index (χ3v) is 3.87. The topological polar surface area (TPSA) is 51.6 Å². The van der Waals surface area contributed by atoms with Crippen molar-refractivity contribution in [1.82, 2.24) is 20.2 Å². The molecule has 0 saturated heterocycles. The average Bonchev–Trinajstić information content (AvgIpc) is 3.02. The average molecular weight is 252 g/mol. The van der Waals surface area contributed by atoms with Crippen molar-refractivity contribution in [2.24, 2.45) is 0 Å². The van der Waals surface area contributed by atoms with Crippen molar-refractivity contribution >= 4 is 34.0 Å². The Bertz CT molecular complexity index is 491. The molecule has 0 saturated carbocycles. The van der Waals surface area contributed by atoms with Crippen molar-refractivity contribution in [2.45, 2.75) is 0 Å². The normalized spacial score (nSPS) is 10.7. The van der Waals surface area contributed by atoms with E-state index in [-0.39, 0.29) is 0 Å². The monoisotopic (exact) mass is 252 g/mol. The van der Waals surface area contributed by atoms with Gasteiger partial charge >= 0.3 is 0 Å². The maximum absolute atomic E-state index is 4.19. The maximum atomic E-state index is 4.19. The molecule has 0 aromatic carbocycles. The molecular formula is C8H4N4S3. The van der Waals surface area contributed by atoms with Gasteiger partial charge in [-0.2, -0.15) is 0 Å². The Hall–Kier alpha value is -1.18. The van der Waals surface area contributed by atoms with E-state index in [1.807, 2.05) is 10.8 Å². The molecule has 4 nitrogen and oxygen atoms in total. The first-order chi connectivity index (χ1) is 7.43. The van der Waals surface area contributed by atoms with E-state index in [4.69, 9.17) is 0 Å². The van der Waals surface area contributed by atoms with E-state index in [2.05, 4.69) is 20.2 Å². The summed E-state index contributed by atoms with van der Waals surface area (Å²) in [5.41, 5.74) is 5.36. The van der Waals surface area contributed by atoms with E-state index in [0.29, 0.717) is 0 Å². The minimum atomic E-state index is 0.847. The van der Waals surface area contributed by atoms with E-state index in [0.717, 1.165) is 21.4 Å². The Labute approximate surface area is 97.3 Å². The van der Waals surface area contributed by atoms with Gasteiger partial charge in [-0.15, -0.1) is 32.9 Å². The van der Waals surface area contributed by atoms with Crippen molar-refractivity contribution in [3.8, 4) is 21.4 Å². The van der Waals surface area contributed by atoms with E-state index in [9.17, 15) is 0 Å². The van der Waals surface area contributed by atoms with Crippen LogP contribution in [0.5, 0.6) is 0 Å². The highest BCUT2D eigenvalue weighted by molar-refractivity contribution is 7.18. The molecule has 3 aromatic rings. The molecule has 74 valence electrons. The van der Waals surface area contributed by atoms with Gasteiger partial charge in [0, 0.05) is 10.8 Å². The zero-order valence-electron chi connectivity index (χ0n) is 7.32. The number of aromatic nitrogens is 4. The van der Waals surface area contributed by atoms with Gasteiger partial charge in [0.2, 0.25) is 0 Å². The minimum absolute atomic E-state index is 0.847. The largest absolute Gasteiger partial charge is 0.242 e. The van der Waals surface area contributed by atoms with Crippen LogP contribution in [-0.4, -0.2) is 20.2 Å². The van der Waals surface area contributed by atoms with Crippen LogP contribution < -0.4 is 0 Å². The van der Waals surface area contributed by atoms with Crippen LogP contribution in [0.25, 0.3) is 21.4 Å². The predicted molar refractivity (Wildman–Crippen MR) is 62.1 cm³/mol. The fourth-order valence-electron chi connectivity index (χ4n) is 1.07. The van der Waals surface area contributed by atoms with Crippen LogP contribution in [-0.2, 0) is 0 Å². The molecular weight excluding hydrogens is 248 g/mol. The van der Waals surface area contributed by atoms with Crippen molar-refractivity contribution in [2.75, 3.05) is 0 Å². The van der Waals surface area contributed by atoms with Gasteiger partial charge in [-0.05, 0) is 0 Å². The molecule has 7 heteroatoms. The van der Waals surface area contributed by atoms with Gasteiger partial charge in [0.05, 0.1) is 11.0 Å². The molecule has 0 fully saturated rings. The number of rotatable bonds is 2. The molecule has 3 heterocycles. The molecule has 0 aliphatic rings. The van der Waals surface area contributed by atoms with Gasteiger partial charge in [-0.3, -0.25) is 0 Å². The van der Waals surface area contributed by atoms with Gasteiger partial charge in [0.15, 0.2) is 10.0 Å². The lowest BCUT2D eigenvalue weighted by Gasteiger charge is -1.83. The number of hydrogen-bond donors (Lipinski definition) is 0. The van der Waals surface area contributed by atoms with Crippen molar-refractivity contribution in [3.63, 3.8) is 0 Å². The van der Waals surface area contributed by atoms with Gasteiger partial charge in [0.25, 0.3) is 0 Å². The SMILES string of the molecule is c1nc(-c2nnc(-c3cscn3)s2)cs1. The van der Waals surface area contributed by atoms with E-state index in [1.165, 1.54) is 11.3 Å². The summed E-state index contributed by atoms with van der Waals surface area (Å²) < 4.78 is 0. The minimum Gasteiger partial charge on any atom is -0.242 e. The second-order valence-electron chi connectivity index (χ2n) is 2.66. The summed E-state index contributed by atoms with van der Waals surface area (Å²) in [5.74, 6) is 0. The summed E-state index contributed by atoms with van der Waals surface area (Å²) in [6.45, 7) is 0. The summed E-state index contributed by atoms with van der Waals surface area (Å²) in [4.78, 5) is 8.38. The Kier molecular flexibility index (Phi) is 2.28. The molecule has 15 heavy (non-hydrogen) atoms. The molecule has 0 aliphatic carbocycles. The molecule has 3 rings (SSSR count). The number of hydrogen-bond acceptors (Lipinski definition) is 7. The lowest BCUT2D eigenvalue weighted by Crippen LogP contribution is -1.75. The van der Waals surface area contributed by atoms with Crippen molar-refractivity contribution in [1.29, 1.82) is 0 Å². The van der Waals surface area contributed by atoms with E-state index >= 15 is 0 Å². The van der Waals surface area contributed by atoms with Crippen LogP contribution in [0.15, 0.2) is 21.8 Å². The number of thiazole rings is 2. The lowest BCUT2D eigenvalue weighted by molar-refractivity contribution is 1.09. The Morgan fingerprint density at radius 2 is 1.33 bits per heavy atom. The molecule has 0 aliphatic heterocycles. The standard InChI is InChI=1S/C8H4N4S3/c1-5(9-3-13-1)7-11-12-8(15-7)6-2-14-4-10-6/h1-4H. The fraction of sp³-hybridized carbons (Fsp3) is 0. The van der Waals surface area contributed by atoms with Crippen LogP contribution in [0, 0.1) is 0 Å². The van der Waals surface area contributed by atoms with Gasteiger partial charge < -0.3 is 0 Å². The highest BCUT2D eigenvalue weighted by atomic mass is 32.1. The van der Waals surface area contributed by atoms with Gasteiger partial charge in [0.1, 0.15) is 11.4 Å². The van der Waals surface area contributed by atoms with Crippen LogP contribution in [0.2, 0.25) is 0 Å². The first-order valence-corrected chi connectivity index (χ1v) is 6.74. The summed E-state index contributed by atoms with van der Waals surface area (Å²) in [6, 6.07) is 0. The molecule has 0 amide bonds. The smallest absolute Gasteiger partial charge is 0.167 e. The lowest BCUT2D eigenvalue weighted by atomic mass is 10.5. The summed E-state index contributed by atoms with van der Waals surface area (Å²) in [7, 11) is 0.